The first-order valence-electron chi connectivity index (χ1n) is 6.18. The van der Waals surface area contributed by atoms with E-state index in [4.69, 9.17) is 4.42 Å². The predicted octanol–water partition coefficient (Wildman–Crippen LogP) is 2.61. The molecular weight excluding hydrogens is 242 g/mol. The molecule has 0 unspecified atom stereocenters. The Morgan fingerprint density at radius 1 is 1.32 bits per heavy atom. The number of fused-ring (bicyclic) bond motifs is 1. The van der Waals surface area contributed by atoms with E-state index in [1.165, 1.54) is 6.39 Å². The van der Waals surface area contributed by atoms with Crippen LogP contribution in [0.5, 0.6) is 0 Å². The molecule has 0 aliphatic heterocycles. The smallest absolute Gasteiger partial charge is 0.180 e. The van der Waals surface area contributed by atoms with E-state index < -0.39 is 0 Å². The molecule has 3 aromatic heterocycles. The highest BCUT2D eigenvalue weighted by Crippen LogP contribution is 2.19. The largest absolute Gasteiger partial charge is 0.447 e. The van der Waals surface area contributed by atoms with Gasteiger partial charge in [-0.3, -0.25) is 0 Å². The maximum Gasteiger partial charge on any atom is 0.180 e. The van der Waals surface area contributed by atoms with Crippen molar-refractivity contribution in [2.24, 2.45) is 0 Å². The lowest BCUT2D eigenvalue weighted by molar-refractivity contribution is 0.511. The number of rotatable bonds is 4. The Balaban J connectivity index is 1.82. The number of anilines is 1. The summed E-state index contributed by atoms with van der Waals surface area (Å²) in [6.45, 7) is 4.76. The molecule has 19 heavy (non-hydrogen) atoms. The van der Waals surface area contributed by atoms with E-state index in [0.29, 0.717) is 12.6 Å². The minimum Gasteiger partial charge on any atom is -0.447 e. The monoisotopic (exact) mass is 257 g/mol. The number of aromatic nitrogens is 4. The van der Waals surface area contributed by atoms with Crippen molar-refractivity contribution in [3.8, 4) is 0 Å². The zero-order chi connectivity index (χ0) is 13.2. The van der Waals surface area contributed by atoms with E-state index in [1.807, 2.05) is 16.9 Å². The number of nitrogens with zero attached hydrogens (tertiary/aromatic N) is 4. The molecule has 3 aromatic rings. The average Bonchev–Trinajstić information content (AvgIpc) is 3.05. The van der Waals surface area contributed by atoms with Gasteiger partial charge < -0.3 is 9.73 Å². The molecule has 0 atom stereocenters. The number of oxazole rings is 1. The van der Waals surface area contributed by atoms with E-state index >= 15 is 0 Å². The van der Waals surface area contributed by atoms with Crippen LogP contribution in [0, 0.1) is 0 Å². The molecule has 0 aliphatic carbocycles. The van der Waals surface area contributed by atoms with Crippen molar-refractivity contribution < 1.29 is 4.42 Å². The van der Waals surface area contributed by atoms with Crippen LogP contribution in [0.15, 0.2) is 35.5 Å². The van der Waals surface area contributed by atoms with Gasteiger partial charge in [0.2, 0.25) is 0 Å². The van der Waals surface area contributed by atoms with E-state index in [1.54, 1.807) is 12.4 Å². The second kappa shape index (κ2) is 4.72. The lowest BCUT2D eigenvalue weighted by atomic mass is 10.3. The fourth-order valence-corrected chi connectivity index (χ4v) is 1.93. The summed E-state index contributed by atoms with van der Waals surface area (Å²) in [5.74, 6) is 0.790. The summed E-state index contributed by atoms with van der Waals surface area (Å²) in [6, 6.07) is 2.34. The Bertz CT molecular complexity index is 671. The van der Waals surface area contributed by atoms with Crippen LogP contribution < -0.4 is 5.32 Å². The minimum absolute atomic E-state index is 0.304. The summed E-state index contributed by atoms with van der Waals surface area (Å²) in [7, 11) is 0. The zero-order valence-electron chi connectivity index (χ0n) is 10.9. The third-order valence-electron chi connectivity index (χ3n) is 2.87. The quantitative estimate of drug-likeness (QED) is 0.778. The molecule has 3 heterocycles. The standard InChI is InChI=1S/C13H15N5O/c1-9(2)18-13-10(4-17-18)3-11(5-16-13)15-7-12-6-14-8-19-12/h3-6,8-9,15H,7H2,1-2H3. The molecule has 0 aliphatic rings. The topological polar surface area (TPSA) is 68.8 Å². The normalized spacial score (nSPS) is 11.3. The van der Waals surface area contributed by atoms with Gasteiger partial charge in [-0.25, -0.2) is 14.6 Å². The summed E-state index contributed by atoms with van der Waals surface area (Å²) in [5.41, 5.74) is 1.84. The Kier molecular flexibility index (Phi) is 2.91. The number of nitrogens with one attached hydrogen (secondary N) is 1. The van der Waals surface area contributed by atoms with Crippen molar-refractivity contribution in [1.29, 1.82) is 0 Å². The molecule has 0 bridgehead atoms. The van der Waals surface area contributed by atoms with Crippen molar-refractivity contribution in [2.75, 3.05) is 5.32 Å². The highest BCUT2D eigenvalue weighted by molar-refractivity contribution is 5.78. The van der Waals surface area contributed by atoms with Gasteiger partial charge in [-0.15, -0.1) is 0 Å². The lowest BCUT2D eigenvalue weighted by Crippen LogP contribution is -2.03. The Morgan fingerprint density at radius 2 is 2.21 bits per heavy atom. The lowest BCUT2D eigenvalue weighted by Gasteiger charge is -2.07. The first-order chi connectivity index (χ1) is 9.24. The van der Waals surface area contributed by atoms with Crippen LogP contribution in [0.3, 0.4) is 0 Å². The number of hydrogen-bond donors (Lipinski definition) is 1. The van der Waals surface area contributed by atoms with E-state index in [0.717, 1.165) is 22.5 Å². The highest BCUT2D eigenvalue weighted by Gasteiger charge is 2.07. The Labute approximate surface area is 110 Å². The van der Waals surface area contributed by atoms with Gasteiger partial charge in [-0.2, -0.15) is 5.10 Å². The molecule has 0 amide bonds. The molecule has 0 fully saturated rings. The molecule has 3 rings (SSSR count). The fourth-order valence-electron chi connectivity index (χ4n) is 1.93. The summed E-state index contributed by atoms with van der Waals surface area (Å²) in [4.78, 5) is 8.33. The highest BCUT2D eigenvalue weighted by atomic mass is 16.3. The van der Waals surface area contributed by atoms with Crippen LogP contribution >= 0.6 is 0 Å². The Morgan fingerprint density at radius 3 is 2.95 bits per heavy atom. The van der Waals surface area contributed by atoms with Crippen molar-refractivity contribution in [1.82, 2.24) is 19.7 Å². The number of hydrogen-bond acceptors (Lipinski definition) is 5. The average molecular weight is 257 g/mol. The van der Waals surface area contributed by atoms with Crippen LogP contribution in [0.2, 0.25) is 0 Å². The second-order valence-electron chi connectivity index (χ2n) is 4.64. The molecule has 1 N–H and O–H groups in total. The van der Waals surface area contributed by atoms with Gasteiger partial charge in [0.25, 0.3) is 0 Å². The molecule has 98 valence electrons. The van der Waals surface area contributed by atoms with Crippen LogP contribution in [-0.2, 0) is 6.54 Å². The predicted molar refractivity (Wildman–Crippen MR) is 71.7 cm³/mol. The summed E-state index contributed by atoms with van der Waals surface area (Å²) >= 11 is 0. The van der Waals surface area contributed by atoms with Crippen LogP contribution in [-0.4, -0.2) is 19.7 Å². The molecule has 0 aromatic carbocycles. The van der Waals surface area contributed by atoms with E-state index in [2.05, 4.69) is 34.2 Å². The van der Waals surface area contributed by atoms with Crippen molar-refractivity contribution in [3.63, 3.8) is 0 Å². The second-order valence-corrected chi connectivity index (χ2v) is 4.64. The van der Waals surface area contributed by atoms with Crippen LogP contribution in [0.25, 0.3) is 11.0 Å². The first kappa shape index (κ1) is 11.7. The maximum absolute atomic E-state index is 5.17. The van der Waals surface area contributed by atoms with E-state index in [-0.39, 0.29) is 0 Å². The van der Waals surface area contributed by atoms with Crippen molar-refractivity contribution in [2.45, 2.75) is 26.4 Å². The van der Waals surface area contributed by atoms with Crippen LogP contribution in [0.1, 0.15) is 25.6 Å². The van der Waals surface area contributed by atoms with Gasteiger partial charge in [0.15, 0.2) is 12.0 Å². The van der Waals surface area contributed by atoms with Gasteiger partial charge in [0.05, 0.1) is 30.8 Å². The third-order valence-corrected chi connectivity index (χ3v) is 2.87. The molecule has 0 saturated carbocycles. The first-order valence-corrected chi connectivity index (χ1v) is 6.18. The van der Waals surface area contributed by atoms with Gasteiger partial charge in [0, 0.05) is 11.4 Å². The SMILES string of the molecule is CC(C)n1ncc2cc(NCc3cnco3)cnc21. The maximum atomic E-state index is 5.17. The molecule has 6 heteroatoms. The van der Waals surface area contributed by atoms with Gasteiger partial charge in [-0.05, 0) is 19.9 Å². The molecule has 0 spiro atoms. The van der Waals surface area contributed by atoms with Crippen LogP contribution in [0.4, 0.5) is 5.69 Å². The molecule has 0 radical (unpaired) electrons. The van der Waals surface area contributed by atoms with Gasteiger partial charge >= 0.3 is 0 Å². The number of pyridine rings is 1. The zero-order valence-corrected chi connectivity index (χ0v) is 10.9. The third kappa shape index (κ3) is 2.29. The minimum atomic E-state index is 0.304. The van der Waals surface area contributed by atoms with E-state index in [9.17, 15) is 0 Å². The molecule has 0 saturated heterocycles. The molecular formula is C13H15N5O. The summed E-state index contributed by atoms with van der Waals surface area (Å²) in [6.07, 6.45) is 6.75. The van der Waals surface area contributed by atoms with Crippen molar-refractivity contribution in [3.05, 3.63) is 36.8 Å². The van der Waals surface area contributed by atoms with Gasteiger partial charge in [-0.1, -0.05) is 0 Å². The summed E-state index contributed by atoms with van der Waals surface area (Å²) < 4.78 is 7.08. The fraction of sp³-hybridized carbons (Fsp3) is 0.308. The Hall–Kier alpha value is -2.37. The van der Waals surface area contributed by atoms with Crippen molar-refractivity contribution >= 4 is 16.7 Å². The van der Waals surface area contributed by atoms with Gasteiger partial charge in [0.1, 0.15) is 5.76 Å². The summed E-state index contributed by atoms with van der Waals surface area (Å²) in [5, 5.41) is 8.61. The molecule has 6 nitrogen and oxygen atoms in total.